The van der Waals surface area contributed by atoms with Crippen LogP contribution in [0.4, 0.5) is 20.6 Å². The zero-order chi connectivity index (χ0) is 31.9. The molecule has 2 unspecified atom stereocenters. The number of rotatable bonds is 7. The van der Waals surface area contributed by atoms with Crippen LogP contribution in [0.3, 0.4) is 0 Å². The lowest BCUT2D eigenvalue weighted by Crippen LogP contribution is -2.51. The van der Waals surface area contributed by atoms with Crippen LogP contribution in [0.2, 0.25) is 0 Å². The predicted molar refractivity (Wildman–Crippen MR) is 176 cm³/mol. The van der Waals surface area contributed by atoms with Gasteiger partial charge in [0.1, 0.15) is 11.2 Å². The van der Waals surface area contributed by atoms with Gasteiger partial charge in [-0.1, -0.05) is 51.1 Å². The molecule has 0 aromatic heterocycles. The standard InChI is InChI=1S/C34H45FN6O3S/c1-34(2,3)14-18-40-31(43)28(45-32(40)25-8-6-9-26(35)30(25)39-15-11-23(36)21-39)19-29(42)38-16-12-24(13-17-38)41-20-22-7-4-5-10-27(22)37-33(41)44/h4-10,23-24,28,32H,11-21,36H2,1-3H3,(H,37,44)/t23?,28-,32?/m0/s1. The lowest BCUT2D eigenvalue weighted by Gasteiger charge is -2.40. The Labute approximate surface area is 269 Å². The minimum Gasteiger partial charge on any atom is -0.367 e. The maximum Gasteiger partial charge on any atom is 0.322 e. The number of amides is 4. The quantitative estimate of drug-likeness (QED) is 0.435. The minimum absolute atomic E-state index is 0.00751. The topological polar surface area (TPSA) is 102 Å². The number of carbonyl (C=O) groups is 3. The summed E-state index contributed by atoms with van der Waals surface area (Å²) >= 11 is 1.47. The van der Waals surface area contributed by atoms with Gasteiger partial charge in [-0.2, -0.15) is 0 Å². The molecule has 2 aromatic rings. The van der Waals surface area contributed by atoms with Crippen molar-refractivity contribution in [2.24, 2.45) is 11.1 Å². The second-order valence-electron chi connectivity index (χ2n) is 14.0. The number of halogens is 1. The number of carbonyl (C=O) groups excluding carboxylic acids is 3. The third-order valence-corrected chi connectivity index (χ3v) is 11.0. The first-order chi connectivity index (χ1) is 21.5. The van der Waals surface area contributed by atoms with Gasteiger partial charge >= 0.3 is 6.03 Å². The van der Waals surface area contributed by atoms with E-state index in [-0.39, 0.29) is 53.0 Å². The number of thioether (sulfide) groups is 1. The van der Waals surface area contributed by atoms with Crippen molar-refractivity contribution >= 4 is 41.0 Å². The molecule has 0 radical (unpaired) electrons. The molecule has 4 aliphatic heterocycles. The average molecular weight is 637 g/mol. The Morgan fingerprint density at radius 2 is 1.80 bits per heavy atom. The lowest BCUT2D eigenvalue weighted by atomic mass is 9.92. The van der Waals surface area contributed by atoms with E-state index in [1.165, 1.54) is 17.8 Å². The Morgan fingerprint density at radius 3 is 2.51 bits per heavy atom. The van der Waals surface area contributed by atoms with Crippen LogP contribution in [0.5, 0.6) is 0 Å². The molecule has 3 atom stereocenters. The SMILES string of the molecule is CC(C)(C)CCN1C(=O)[C@H](CC(=O)N2CCC(N3Cc4ccccc4NC3=O)CC2)SC1c1cccc(F)c1N1CCC(N)C1. The van der Waals surface area contributed by atoms with Gasteiger partial charge in [0.15, 0.2) is 0 Å². The van der Waals surface area contributed by atoms with Gasteiger partial charge in [-0.05, 0) is 48.8 Å². The van der Waals surface area contributed by atoms with Crippen molar-refractivity contribution in [3.63, 3.8) is 0 Å². The maximum absolute atomic E-state index is 15.4. The summed E-state index contributed by atoms with van der Waals surface area (Å²) in [6, 6.07) is 12.9. The molecule has 0 bridgehead atoms. The molecule has 242 valence electrons. The van der Waals surface area contributed by atoms with Gasteiger partial charge in [-0.3, -0.25) is 9.59 Å². The predicted octanol–water partition coefficient (Wildman–Crippen LogP) is 5.17. The Balaban J connectivity index is 1.14. The summed E-state index contributed by atoms with van der Waals surface area (Å²) in [6.45, 7) is 9.86. The van der Waals surface area contributed by atoms with Crippen molar-refractivity contribution in [2.45, 2.75) is 82.1 Å². The van der Waals surface area contributed by atoms with Crippen LogP contribution in [0.1, 0.15) is 69.4 Å². The van der Waals surface area contributed by atoms with E-state index in [0.717, 1.165) is 29.7 Å². The molecule has 2 aromatic carbocycles. The summed E-state index contributed by atoms with van der Waals surface area (Å²) in [6.07, 6.45) is 3.07. The number of piperidine rings is 1. The number of para-hydroxylation sites is 2. The molecule has 0 saturated carbocycles. The third kappa shape index (κ3) is 6.79. The molecular weight excluding hydrogens is 591 g/mol. The molecule has 9 nitrogen and oxygen atoms in total. The van der Waals surface area contributed by atoms with E-state index in [4.69, 9.17) is 5.73 Å². The van der Waals surface area contributed by atoms with Crippen molar-refractivity contribution in [3.8, 4) is 0 Å². The van der Waals surface area contributed by atoms with Crippen molar-refractivity contribution in [1.82, 2.24) is 14.7 Å². The van der Waals surface area contributed by atoms with E-state index in [1.807, 2.05) is 49.9 Å². The van der Waals surface area contributed by atoms with Gasteiger partial charge in [0.25, 0.3) is 0 Å². The van der Waals surface area contributed by atoms with E-state index >= 15 is 4.39 Å². The van der Waals surface area contributed by atoms with Gasteiger partial charge in [0.2, 0.25) is 11.8 Å². The first kappa shape index (κ1) is 31.7. The monoisotopic (exact) mass is 636 g/mol. The number of nitrogens with zero attached hydrogens (tertiary/aromatic N) is 4. The molecule has 11 heteroatoms. The summed E-state index contributed by atoms with van der Waals surface area (Å²) < 4.78 is 15.4. The van der Waals surface area contributed by atoms with E-state index in [2.05, 4.69) is 26.1 Å². The van der Waals surface area contributed by atoms with Crippen LogP contribution in [-0.4, -0.2) is 82.6 Å². The fourth-order valence-corrected chi connectivity index (χ4v) is 8.43. The van der Waals surface area contributed by atoms with Crippen molar-refractivity contribution in [1.29, 1.82) is 0 Å². The Bertz CT molecular complexity index is 1440. The number of hydrogen-bond donors (Lipinski definition) is 2. The number of nitrogens with two attached hydrogens (primary N) is 1. The summed E-state index contributed by atoms with van der Waals surface area (Å²) in [7, 11) is 0. The molecule has 0 spiro atoms. The molecule has 6 rings (SSSR count). The summed E-state index contributed by atoms with van der Waals surface area (Å²) in [5, 5.41) is 2.07. The molecule has 45 heavy (non-hydrogen) atoms. The van der Waals surface area contributed by atoms with Crippen molar-refractivity contribution in [2.75, 3.05) is 42.9 Å². The Morgan fingerprint density at radius 1 is 1.04 bits per heavy atom. The van der Waals surface area contributed by atoms with Crippen LogP contribution < -0.4 is 16.0 Å². The molecule has 4 amide bonds. The van der Waals surface area contributed by atoms with Crippen molar-refractivity contribution < 1.29 is 18.8 Å². The average Bonchev–Trinajstić information content (AvgIpc) is 3.57. The molecule has 3 N–H and O–H groups in total. The normalized spacial score (nSPS) is 24.3. The van der Waals surface area contributed by atoms with E-state index in [0.29, 0.717) is 57.8 Å². The first-order valence-electron chi connectivity index (χ1n) is 16.2. The number of nitrogens with one attached hydrogen (secondary N) is 1. The van der Waals surface area contributed by atoms with Gasteiger partial charge < -0.3 is 30.7 Å². The molecule has 4 heterocycles. The highest BCUT2D eigenvalue weighted by Crippen LogP contribution is 2.48. The summed E-state index contributed by atoms with van der Waals surface area (Å²) in [5.74, 6) is -0.415. The van der Waals surface area contributed by atoms with Crippen molar-refractivity contribution in [3.05, 3.63) is 59.4 Å². The van der Waals surface area contributed by atoms with Gasteiger partial charge in [0, 0.05) is 69.0 Å². The summed E-state index contributed by atoms with van der Waals surface area (Å²) in [4.78, 5) is 48.0. The Kier molecular flexibility index (Phi) is 9.03. The van der Waals surface area contributed by atoms with E-state index in [1.54, 1.807) is 6.07 Å². The number of anilines is 2. The maximum atomic E-state index is 15.4. The highest BCUT2D eigenvalue weighted by atomic mass is 32.2. The smallest absolute Gasteiger partial charge is 0.322 e. The second kappa shape index (κ2) is 12.8. The zero-order valence-electron chi connectivity index (χ0n) is 26.5. The molecule has 3 fully saturated rings. The molecule has 3 saturated heterocycles. The van der Waals surface area contributed by atoms with E-state index < -0.39 is 5.25 Å². The largest absolute Gasteiger partial charge is 0.367 e. The second-order valence-corrected chi connectivity index (χ2v) is 15.3. The number of benzene rings is 2. The highest BCUT2D eigenvalue weighted by molar-refractivity contribution is 8.01. The van der Waals surface area contributed by atoms with Crippen LogP contribution in [0, 0.1) is 11.2 Å². The third-order valence-electron chi connectivity index (χ3n) is 9.54. The van der Waals surface area contributed by atoms with Gasteiger partial charge in [-0.15, -0.1) is 11.8 Å². The van der Waals surface area contributed by atoms with Gasteiger partial charge in [-0.25, -0.2) is 9.18 Å². The summed E-state index contributed by atoms with van der Waals surface area (Å²) in [5.41, 5.74) is 9.44. The minimum atomic E-state index is -0.540. The van der Waals surface area contributed by atoms with Crippen LogP contribution in [-0.2, 0) is 16.1 Å². The number of fused-ring (bicyclic) bond motifs is 1. The lowest BCUT2D eigenvalue weighted by molar-refractivity contribution is -0.137. The Hall–Kier alpha value is -3.31. The molecular formula is C34H45FN6O3S. The number of likely N-dealkylation sites (tertiary alicyclic amines) is 1. The first-order valence-corrected chi connectivity index (χ1v) is 17.1. The fourth-order valence-electron chi connectivity index (χ4n) is 6.94. The fraction of sp³-hybridized carbons (Fsp3) is 0.559. The molecule has 0 aliphatic carbocycles. The van der Waals surface area contributed by atoms with E-state index in [9.17, 15) is 14.4 Å². The number of urea groups is 1. The van der Waals surface area contributed by atoms with Crippen LogP contribution in [0.15, 0.2) is 42.5 Å². The number of hydrogen-bond acceptors (Lipinski definition) is 6. The van der Waals surface area contributed by atoms with Crippen LogP contribution in [0.25, 0.3) is 0 Å². The molecule has 4 aliphatic rings. The van der Waals surface area contributed by atoms with Gasteiger partial charge in [0.05, 0.1) is 10.9 Å². The van der Waals surface area contributed by atoms with Crippen LogP contribution >= 0.6 is 11.8 Å². The zero-order valence-corrected chi connectivity index (χ0v) is 27.3. The highest BCUT2D eigenvalue weighted by Gasteiger charge is 2.44.